The van der Waals surface area contributed by atoms with E-state index < -0.39 is 41.1 Å². The number of H-pyrrole nitrogens is 4. The topological polar surface area (TPSA) is 418 Å². The Morgan fingerprint density at radius 2 is 0.626 bits per heavy atom. The molecule has 0 unspecified atom stereocenters. The first-order valence-corrected chi connectivity index (χ1v) is 44.2. The zero-order chi connectivity index (χ0) is 96.6. The largest absolute Gasteiger partial charge is 0.416 e. The summed E-state index contributed by atoms with van der Waals surface area (Å²) in [6.45, 7) is 1.98. The summed E-state index contributed by atoms with van der Waals surface area (Å²) < 4.78 is 116. The van der Waals surface area contributed by atoms with Gasteiger partial charge in [-0.25, -0.2) is 24.7 Å². The highest BCUT2D eigenvalue weighted by Gasteiger charge is 2.35. The number of hydrogen-bond acceptors (Lipinski definition) is 24. The van der Waals surface area contributed by atoms with Gasteiger partial charge in [-0.1, -0.05) is 84.9 Å². The smallest absolute Gasteiger partial charge is 0.324 e. The van der Waals surface area contributed by atoms with Crippen molar-refractivity contribution in [3.8, 4) is 0 Å². The Balaban J connectivity index is 0.000000128. The lowest BCUT2D eigenvalue weighted by Crippen LogP contribution is -2.19. The van der Waals surface area contributed by atoms with E-state index in [1.807, 2.05) is 79.7 Å². The van der Waals surface area contributed by atoms with Gasteiger partial charge in [-0.05, 0) is 214 Å². The number of halogens is 9. The Kier molecular flexibility index (Phi) is 28.4. The third-order valence-electron chi connectivity index (χ3n) is 21.9. The number of hydrogen-bond donors (Lipinski definition) is 15. The minimum atomic E-state index is -4.53. The highest BCUT2D eigenvalue weighted by Crippen LogP contribution is 2.44. The standard InChI is InChI=1S/C26H23F3N6O.C25H21F3N6O.C24H20F3N7O.C24H24N8O/c27-26(28,29)19-3-1-2-17(12-19)14-21(36)13-16-4-8-20(9-5-16)31-25-30-11-10-23(33-25)32-24-15-22(34-35-24)18-6-7-18;26-25(27,28)18-3-1-2-17(13-18)21(35)12-15-4-8-19(9-5-15)30-24-29-11-10-22(32-24)31-23-14-20(33-34-23)16-6-7-16;25-24(26,27)16-4-1-3-15(11-16)22(35)29-17-5-2-6-18(12-17)30-23-28-10-9-20(32-23)31-21-13-19(33-34-21)14-7-8-14;1-15-4-2-5-17(12-15)27-24(33)28-19-7-3-6-18(13-19)26-23-25-11-10-21(30-23)29-22-14-20(31-32-22)16-8-9-16/h1-5,8-12,15,18H,6-7,13-14H2,(H3,30,31,32,33,34,35);1-5,8-11,13-14,16H,6-7,12H2,(H3,29,30,31,32,33,34);1-6,9-14H,7-8H2,(H,29,35)(H3,28,30,31,32,33,34);2-7,10-14,16H,8-9H2,1H3,(H2,27,28,33)(H3,25,26,29,30,31,32). The lowest BCUT2D eigenvalue weighted by Gasteiger charge is -2.11. The monoisotopic (exact) mass is 1890 g/mol. The van der Waals surface area contributed by atoms with Crippen LogP contribution in [0.3, 0.4) is 0 Å². The molecular weight excluding hydrogens is 1800 g/mol. The summed E-state index contributed by atoms with van der Waals surface area (Å²) >= 11 is 0. The maximum Gasteiger partial charge on any atom is 0.416 e. The van der Waals surface area contributed by atoms with Gasteiger partial charge in [0.05, 0.1) is 16.7 Å². The van der Waals surface area contributed by atoms with Gasteiger partial charge < -0.3 is 58.5 Å². The Bertz CT molecular complexity index is 7010. The molecule has 8 aromatic heterocycles. The molecule has 20 rings (SSSR count). The van der Waals surface area contributed by atoms with Crippen molar-refractivity contribution in [1.29, 1.82) is 0 Å². The van der Waals surface area contributed by atoms with Crippen LogP contribution in [0.1, 0.15) is 157 Å². The summed E-state index contributed by atoms with van der Waals surface area (Å²) in [5.74, 6) is 7.76. The van der Waals surface area contributed by atoms with Crippen molar-refractivity contribution in [2.75, 3.05) is 58.5 Å². The van der Waals surface area contributed by atoms with Crippen molar-refractivity contribution in [1.82, 2.24) is 80.7 Å². The fraction of sp³-hybridized carbons (Fsp3) is 0.192. The van der Waals surface area contributed by atoms with E-state index in [1.165, 1.54) is 87.8 Å². The van der Waals surface area contributed by atoms with Crippen LogP contribution >= 0.6 is 0 Å². The molecular formula is C99H88F9N27O4. The molecule has 0 atom stereocenters. The first-order chi connectivity index (χ1) is 67.1. The van der Waals surface area contributed by atoms with Crippen molar-refractivity contribution in [3.63, 3.8) is 0 Å². The fourth-order valence-corrected chi connectivity index (χ4v) is 14.4. The molecule has 0 bridgehead atoms. The van der Waals surface area contributed by atoms with Crippen LogP contribution in [0.25, 0.3) is 0 Å². The second-order valence-corrected chi connectivity index (χ2v) is 33.3. The normalized spacial score (nSPS) is 13.3. The zero-order valence-corrected chi connectivity index (χ0v) is 73.9. The first-order valence-electron chi connectivity index (χ1n) is 44.2. The number of ketones is 2. The highest BCUT2D eigenvalue weighted by molar-refractivity contribution is 6.05. The van der Waals surface area contributed by atoms with Crippen LogP contribution in [0.2, 0.25) is 0 Å². The number of rotatable bonds is 31. The van der Waals surface area contributed by atoms with Gasteiger partial charge in [0.25, 0.3) is 5.91 Å². The second-order valence-electron chi connectivity index (χ2n) is 33.3. The summed E-state index contributed by atoms with van der Waals surface area (Å²) in [5.41, 5.74) is 9.36. The van der Waals surface area contributed by atoms with Gasteiger partial charge in [0.2, 0.25) is 23.8 Å². The molecule has 4 aliphatic rings. The van der Waals surface area contributed by atoms with Crippen LogP contribution in [0.5, 0.6) is 0 Å². The zero-order valence-electron chi connectivity index (χ0n) is 73.9. The van der Waals surface area contributed by atoms with Crippen LogP contribution in [-0.2, 0) is 42.6 Å². The molecule has 0 saturated heterocycles. The lowest BCUT2D eigenvalue weighted by molar-refractivity contribution is -0.138. The quantitative estimate of drug-likeness (QED) is 0.0142. The summed E-state index contributed by atoms with van der Waals surface area (Å²) in [6.07, 6.45) is 2.62. The molecule has 16 aromatic rings. The number of anilines is 19. The van der Waals surface area contributed by atoms with Crippen LogP contribution in [0, 0.1) is 6.92 Å². The van der Waals surface area contributed by atoms with Gasteiger partial charge in [-0.15, -0.1) is 0 Å². The fourth-order valence-electron chi connectivity index (χ4n) is 14.4. The minimum Gasteiger partial charge on any atom is -0.324 e. The summed E-state index contributed by atoms with van der Waals surface area (Å²) in [6, 6.07) is 64.0. The molecule has 4 aliphatic carbocycles. The van der Waals surface area contributed by atoms with Crippen LogP contribution in [-0.4, -0.2) is 104 Å². The van der Waals surface area contributed by atoms with Gasteiger partial charge in [-0.3, -0.25) is 34.8 Å². The Morgan fingerprint density at radius 3 is 1.01 bits per heavy atom. The van der Waals surface area contributed by atoms with Crippen molar-refractivity contribution >= 4 is 134 Å². The number of aromatic nitrogens is 16. The average molecular weight is 1890 g/mol. The van der Waals surface area contributed by atoms with Gasteiger partial charge in [0, 0.05) is 166 Å². The van der Waals surface area contributed by atoms with E-state index in [9.17, 15) is 58.7 Å². The molecule has 15 N–H and O–H groups in total. The Hall–Kier alpha value is -17.2. The molecule has 0 radical (unpaired) electrons. The van der Waals surface area contributed by atoms with Crippen molar-refractivity contribution in [2.45, 2.75) is 120 Å². The second kappa shape index (κ2) is 42.1. The molecule has 0 spiro atoms. The number of urea groups is 1. The summed E-state index contributed by atoms with van der Waals surface area (Å²) in [5, 5.41) is 62.6. The summed E-state index contributed by atoms with van der Waals surface area (Å²) in [7, 11) is 0. The number of nitrogens with zero attached hydrogens (tertiary/aromatic N) is 12. The number of benzene rings is 8. The SMILES string of the molecule is Cc1cccc(NC(=O)Nc2cccc(Nc3nccc(Nc4cc(C5CC5)[nH]n4)n3)c2)c1.O=C(Cc1ccc(Nc2nccc(Nc3cc(C4CC4)[nH]n3)n2)cc1)Cc1cccc(C(F)(F)F)c1.O=C(Cc1ccc(Nc2nccc(Nc3cc(C4CC4)[nH]n3)n2)cc1)c1cccc(C(F)(F)F)c1.O=C(Nc1cccc(Nc2nccc(Nc3cc(C4CC4)[nH]n3)n2)c1)c1cccc(C(F)(F)F)c1. The maximum atomic E-state index is 12.9. The Morgan fingerprint density at radius 1 is 0.302 bits per heavy atom. The molecule has 706 valence electrons. The first kappa shape index (κ1) is 93.6. The molecule has 3 amide bonds. The Labute approximate surface area is 787 Å². The number of carbonyl (C=O) groups excluding carboxylic acids is 4. The third kappa shape index (κ3) is 27.5. The van der Waals surface area contributed by atoms with Crippen LogP contribution < -0.4 is 58.5 Å². The van der Waals surface area contributed by atoms with Crippen LogP contribution in [0.15, 0.2) is 267 Å². The number of carbonyl (C=O) groups is 4. The minimum absolute atomic E-state index is 0.00991. The van der Waals surface area contributed by atoms with Gasteiger partial charge >= 0.3 is 24.6 Å². The maximum absolute atomic E-state index is 12.9. The molecule has 4 fully saturated rings. The molecule has 31 nitrogen and oxygen atoms in total. The van der Waals surface area contributed by atoms with E-state index in [4.69, 9.17) is 0 Å². The number of Topliss-reactive ketones (excluding diaryl/α,β-unsaturated/α-hetero) is 2. The molecule has 4 saturated carbocycles. The lowest BCUT2D eigenvalue weighted by atomic mass is 10.0. The van der Waals surface area contributed by atoms with E-state index in [2.05, 4.69) is 139 Å². The van der Waals surface area contributed by atoms with E-state index in [0.29, 0.717) is 122 Å². The number of aryl methyl sites for hydroxylation is 1. The predicted molar refractivity (Wildman–Crippen MR) is 509 cm³/mol. The van der Waals surface area contributed by atoms with E-state index in [-0.39, 0.29) is 48.0 Å². The highest BCUT2D eigenvalue weighted by atomic mass is 19.4. The molecule has 139 heavy (non-hydrogen) atoms. The van der Waals surface area contributed by atoms with E-state index in [0.717, 1.165) is 93.2 Å². The predicted octanol–water partition coefficient (Wildman–Crippen LogP) is 23.3. The number of amides is 3. The number of alkyl halides is 9. The van der Waals surface area contributed by atoms with Crippen molar-refractivity contribution < 1.29 is 58.7 Å². The van der Waals surface area contributed by atoms with Gasteiger partial charge in [-0.2, -0.15) is 79.8 Å². The van der Waals surface area contributed by atoms with E-state index in [1.54, 1.807) is 122 Å². The molecule has 40 heteroatoms. The van der Waals surface area contributed by atoms with Gasteiger partial charge in [0.1, 0.15) is 29.1 Å². The number of nitrogens with one attached hydrogen (secondary N) is 15. The average Bonchev–Trinajstić information content (AvgIpc) is 1.70. The van der Waals surface area contributed by atoms with Gasteiger partial charge in [0.15, 0.2) is 29.1 Å². The molecule has 8 heterocycles. The summed E-state index contributed by atoms with van der Waals surface area (Å²) in [4.78, 5) is 84.5. The van der Waals surface area contributed by atoms with Crippen molar-refractivity contribution in [3.05, 3.63) is 340 Å². The van der Waals surface area contributed by atoms with Crippen LogP contribution in [0.4, 0.5) is 154 Å². The molecule has 8 aromatic carbocycles. The number of aromatic amines is 4. The third-order valence-corrected chi connectivity index (χ3v) is 21.9. The molecule has 0 aliphatic heterocycles. The van der Waals surface area contributed by atoms with E-state index >= 15 is 0 Å². The van der Waals surface area contributed by atoms with Crippen molar-refractivity contribution in [2.24, 2.45) is 0 Å².